The number of fused-ring (bicyclic) bond motifs is 1. The number of carbonyl (C=O) groups excluding carboxylic acids is 1. The largest absolute Gasteiger partial charge is 0.452 e. The van der Waals surface area contributed by atoms with Crippen molar-refractivity contribution in [1.29, 1.82) is 0 Å². The van der Waals surface area contributed by atoms with E-state index in [-0.39, 0.29) is 12.3 Å². The molecular formula is C26H31N3O4. The van der Waals surface area contributed by atoms with Crippen molar-refractivity contribution in [1.82, 2.24) is 15.4 Å². The SMILES string of the molecule is COC(=O)NNCC1CC(O)CC(n2cc(Cc3ccc(C4CC4)cc3)c3ccccc32)O1. The highest BCUT2D eigenvalue weighted by atomic mass is 16.5. The average Bonchev–Trinajstić information content (AvgIpc) is 3.61. The molecule has 2 aromatic carbocycles. The Kier molecular flexibility index (Phi) is 6.35. The van der Waals surface area contributed by atoms with Crippen LogP contribution in [0.2, 0.25) is 0 Å². The molecule has 0 bridgehead atoms. The van der Waals surface area contributed by atoms with Gasteiger partial charge in [-0.3, -0.25) is 5.43 Å². The standard InChI is InChI=1S/C26H31N3O4/c1-32-26(31)28-27-15-22-13-21(30)14-25(33-22)29-16-20(23-4-2-3-5-24(23)29)12-17-6-8-18(9-7-17)19-10-11-19/h2-9,16,19,21-22,25,27,30H,10-15H2,1H3,(H,28,31). The summed E-state index contributed by atoms with van der Waals surface area (Å²) < 4.78 is 13.0. The predicted octanol–water partition coefficient (Wildman–Crippen LogP) is 4.01. The second-order valence-electron chi connectivity index (χ2n) is 9.11. The normalized spacial score (nSPS) is 22.9. The number of nitrogens with zero attached hydrogens (tertiary/aromatic N) is 1. The summed E-state index contributed by atoms with van der Waals surface area (Å²) in [4.78, 5) is 11.3. The van der Waals surface area contributed by atoms with Crippen LogP contribution >= 0.6 is 0 Å². The van der Waals surface area contributed by atoms with E-state index in [1.807, 2.05) is 6.07 Å². The van der Waals surface area contributed by atoms with Gasteiger partial charge in [0.15, 0.2) is 0 Å². The van der Waals surface area contributed by atoms with Crippen molar-refractivity contribution in [3.63, 3.8) is 0 Å². The van der Waals surface area contributed by atoms with Gasteiger partial charge in [0.25, 0.3) is 0 Å². The number of carbonyl (C=O) groups is 1. The fourth-order valence-electron chi connectivity index (χ4n) is 4.77. The van der Waals surface area contributed by atoms with Crippen molar-refractivity contribution in [2.24, 2.45) is 0 Å². The Balaban J connectivity index is 1.34. The van der Waals surface area contributed by atoms with Crippen LogP contribution < -0.4 is 10.9 Å². The van der Waals surface area contributed by atoms with Gasteiger partial charge in [-0.15, -0.1) is 0 Å². The van der Waals surface area contributed by atoms with Crippen LogP contribution in [0.15, 0.2) is 54.7 Å². The summed E-state index contributed by atoms with van der Waals surface area (Å²) in [6.45, 7) is 0.377. The topological polar surface area (TPSA) is 84.8 Å². The molecule has 33 heavy (non-hydrogen) atoms. The lowest BCUT2D eigenvalue weighted by atomic mass is 10.0. The Morgan fingerprint density at radius 3 is 2.70 bits per heavy atom. The molecule has 1 aliphatic heterocycles. The fourth-order valence-corrected chi connectivity index (χ4v) is 4.77. The van der Waals surface area contributed by atoms with Gasteiger partial charge in [0.1, 0.15) is 6.23 Å². The number of nitrogens with one attached hydrogen (secondary N) is 2. The van der Waals surface area contributed by atoms with E-state index in [0.29, 0.717) is 19.4 Å². The predicted molar refractivity (Wildman–Crippen MR) is 126 cm³/mol. The molecule has 1 aromatic heterocycles. The Morgan fingerprint density at radius 1 is 1.15 bits per heavy atom. The number of ether oxygens (including phenoxy) is 2. The van der Waals surface area contributed by atoms with Crippen molar-refractivity contribution < 1.29 is 19.4 Å². The van der Waals surface area contributed by atoms with E-state index < -0.39 is 12.2 Å². The van der Waals surface area contributed by atoms with Gasteiger partial charge < -0.3 is 19.1 Å². The number of hydrazine groups is 1. The van der Waals surface area contributed by atoms with Crippen molar-refractivity contribution >= 4 is 17.0 Å². The van der Waals surface area contributed by atoms with Crippen LogP contribution in [0.5, 0.6) is 0 Å². The first-order valence-electron chi connectivity index (χ1n) is 11.7. The molecule has 1 saturated carbocycles. The molecule has 3 unspecified atom stereocenters. The van der Waals surface area contributed by atoms with E-state index in [0.717, 1.165) is 17.9 Å². The number of hydrogen-bond acceptors (Lipinski definition) is 5. The van der Waals surface area contributed by atoms with Crippen molar-refractivity contribution in [2.45, 2.75) is 56.5 Å². The van der Waals surface area contributed by atoms with Gasteiger partial charge in [0.05, 0.1) is 24.8 Å². The van der Waals surface area contributed by atoms with Gasteiger partial charge in [0.2, 0.25) is 0 Å². The van der Waals surface area contributed by atoms with Crippen LogP contribution in [0.4, 0.5) is 4.79 Å². The molecular weight excluding hydrogens is 418 g/mol. The third-order valence-electron chi connectivity index (χ3n) is 6.62. The van der Waals surface area contributed by atoms with E-state index in [9.17, 15) is 9.90 Å². The van der Waals surface area contributed by atoms with Gasteiger partial charge in [0, 0.05) is 31.0 Å². The summed E-state index contributed by atoms with van der Waals surface area (Å²) in [6, 6.07) is 17.4. The fraction of sp³-hybridized carbons (Fsp3) is 0.423. The Bertz CT molecular complexity index is 1110. The lowest BCUT2D eigenvalue weighted by Crippen LogP contribution is -2.45. The van der Waals surface area contributed by atoms with Gasteiger partial charge >= 0.3 is 6.09 Å². The lowest BCUT2D eigenvalue weighted by molar-refractivity contribution is -0.126. The number of para-hydroxylation sites is 1. The van der Waals surface area contributed by atoms with E-state index in [4.69, 9.17) is 4.74 Å². The second-order valence-corrected chi connectivity index (χ2v) is 9.11. The van der Waals surface area contributed by atoms with Crippen molar-refractivity contribution in [3.8, 4) is 0 Å². The molecule has 7 heteroatoms. The van der Waals surface area contributed by atoms with Crippen molar-refractivity contribution in [3.05, 3.63) is 71.4 Å². The first kappa shape index (κ1) is 21.9. The Morgan fingerprint density at radius 2 is 1.94 bits per heavy atom. The third kappa shape index (κ3) is 5.05. The zero-order chi connectivity index (χ0) is 22.8. The maximum absolute atomic E-state index is 11.3. The molecule has 1 amide bonds. The summed E-state index contributed by atoms with van der Waals surface area (Å²) in [6.07, 6.45) is 5.11. The Hall–Kier alpha value is -2.87. The number of methoxy groups -OCH3 is 1. The zero-order valence-electron chi connectivity index (χ0n) is 18.9. The van der Waals surface area contributed by atoms with Gasteiger partial charge in [-0.25, -0.2) is 10.2 Å². The first-order chi connectivity index (χ1) is 16.1. The molecule has 5 rings (SSSR count). The number of hydrogen-bond donors (Lipinski definition) is 3. The zero-order valence-corrected chi connectivity index (χ0v) is 18.9. The number of benzene rings is 2. The number of aliphatic hydroxyl groups is 1. The molecule has 3 atom stereocenters. The van der Waals surface area contributed by atoms with Gasteiger partial charge in [-0.1, -0.05) is 42.5 Å². The molecule has 174 valence electrons. The highest BCUT2D eigenvalue weighted by molar-refractivity contribution is 5.84. The first-order valence-corrected chi connectivity index (χ1v) is 11.7. The van der Waals surface area contributed by atoms with Crippen LogP contribution in [0.3, 0.4) is 0 Å². The summed E-state index contributed by atoms with van der Waals surface area (Å²) in [5.41, 5.74) is 10.4. The minimum Gasteiger partial charge on any atom is -0.452 e. The van der Waals surface area contributed by atoms with E-state index in [1.165, 1.54) is 42.0 Å². The van der Waals surface area contributed by atoms with Crippen molar-refractivity contribution in [2.75, 3.05) is 13.7 Å². The van der Waals surface area contributed by atoms with Crippen LogP contribution in [-0.2, 0) is 15.9 Å². The molecule has 2 heterocycles. The summed E-state index contributed by atoms with van der Waals surface area (Å²) in [5.74, 6) is 0.765. The molecule has 3 aromatic rings. The summed E-state index contributed by atoms with van der Waals surface area (Å²) in [5, 5.41) is 11.7. The third-order valence-corrected chi connectivity index (χ3v) is 6.62. The monoisotopic (exact) mass is 449 g/mol. The van der Waals surface area contributed by atoms with E-state index >= 15 is 0 Å². The minimum absolute atomic E-state index is 0.240. The van der Waals surface area contributed by atoms with Crippen LogP contribution in [0, 0.1) is 0 Å². The molecule has 0 radical (unpaired) electrons. The molecule has 2 fully saturated rings. The summed E-state index contributed by atoms with van der Waals surface area (Å²) in [7, 11) is 1.31. The highest BCUT2D eigenvalue weighted by Crippen LogP contribution is 2.40. The number of amides is 1. The van der Waals surface area contributed by atoms with Crippen LogP contribution in [0.25, 0.3) is 10.9 Å². The molecule has 1 saturated heterocycles. The smallest absolute Gasteiger partial charge is 0.421 e. The van der Waals surface area contributed by atoms with Crippen LogP contribution in [-0.4, -0.2) is 41.6 Å². The average molecular weight is 450 g/mol. The number of aromatic nitrogens is 1. The molecule has 0 spiro atoms. The number of aliphatic hydroxyl groups excluding tert-OH is 1. The van der Waals surface area contributed by atoms with Crippen LogP contribution in [0.1, 0.15) is 54.5 Å². The maximum atomic E-state index is 11.3. The molecule has 7 nitrogen and oxygen atoms in total. The van der Waals surface area contributed by atoms with E-state index in [1.54, 1.807) is 0 Å². The molecule has 1 aliphatic carbocycles. The van der Waals surface area contributed by atoms with Gasteiger partial charge in [-0.05, 0) is 47.9 Å². The van der Waals surface area contributed by atoms with Gasteiger partial charge in [-0.2, -0.15) is 0 Å². The second kappa shape index (κ2) is 9.55. The molecule has 2 aliphatic rings. The quantitative estimate of drug-likeness (QED) is 0.475. The maximum Gasteiger partial charge on any atom is 0.421 e. The highest BCUT2D eigenvalue weighted by Gasteiger charge is 2.30. The number of rotatable bonds is 7. The summed E-state index contributed by atoms with van der Waals surface area (Å²) >= 11 is 0. The van der Waals surface area contributed by atoms with E-state index in [2.05, 4.69) is 68.8 Å². The minimum atomic E-state index is -0.561. The lowest BCUT2D eigenvalue weighted by Gasteiger charge is -2.34. The Labute approximate surface area is 193 Å². The molecule has 3 N–H and O–H groups in total.